The van der Waals surface area contributed by atoms with Crippen LogP contribution >= 0.6 is 0 Å². The highest BCUT2D eigenvalue weighted by molar-refractivity contribution is 7.96. The van der Waals surface area contributed by atoms with Crippen molar-refractivity contribution in [2.45, 2.75) is 37.0 Å². The lowest BCUT2D eigenvalue weighted by Gasteiger charge is -2.19. The number of carbonyl (C=O) groups is 1. The number of hydrogen-bond donors (Lipinski definition) is 5. The van der Waals surface area contributed by atoms with E-state index in [4.69, 9.17) is 30.0 Å². The van der Waals surface area contributed by atoms with Gasteiger partial charge in [-0.05, 0) is 10.9 Å². The molecular weight excluding hydrogens is 536 g/mol. The maximum absolute atomic E-state index is 12.0. The third kappa shape index (κ3) is 6.74. The third-order valence-corrected chi connectivity index (χ3v) is 8.55. The van der Waals surface area contributed by atoms with Crippen molar-refractivity contribution in [1.29, 1.82) is 0 Å². The van der Waals surface area contributed by atoms with Crippen LogP contribution in [0.1, 0.15) is 12.6 Å². The van der Waals surface area contributed by atoms with Crippen molar-refractivity contribution in [3.63, 3.8) is 0 Å². The molecule has 6 atom stereocenters. The number of aliphatic hydroxyl groups is 1. The summed E-state index contributed by atoms with van der Waals surface area (Å²) in [6, 6.07) is -1.11. The minimum Gasteiger partial charge on any atom is -0.480 e. The number of hydrogen-bond acceptors (Lipinski definition) is 14. The highest BCUT2D eigenvalue weighted by Crippen LogP contribution is 2.35. The Bertz CT molecular complexity index is 1290. The molecule has 3 heterocycles. The first-order valence-electron chi connectivity index (χ1n) is 9.64. The Hall–Kier alpha value is -2.17. The van der Waals surface area contributed by atoms with Gasteiger partial charge in [0.2, 0.25) is 0 Å². The van der Waals surface area contributed by atoms with Gasteiger partial charge in [0.1, 0.15) is 47.7 Å². The van der Waals surface area contributed by atoms with Crippen LogP contribution in [0.5, 0.6) is 0 Å². The average molecular weight is 560 g/mol. The zero-order chi connectivity index (χ0) is 26.1. The second kappa shape index (κ2) is 10.4. The van der Waals surface area contributed by atoms with Gasteiger partial charge in [-0.2, -0.15) is 16.8 Å². The summed E-state index contributed by atoms with van der Waals surface area (Å²) >= 11 is 0. The van der Waals surface area contributed by atoms with E-state index in [0.717, 1.165) is 6.33 Å². The number of ether oxygens (including phenoxy) is 1. The highest BCUT2D eigenvalue weighted by Gasteiger charge is 2.51. The van der Waals surface area contributed by atoms with Gasteiger partial charge in [0.15, 0.2) is 17.7 Å². The van der Waals surface area contributed by atoms with E-state index < -0.39 is 68.2 Å². The number of fused-ring (bicyclic) bond motifs is 1. The Balaban J connectivity index is 1.87. The summed E-state index contributed by atoms with van der Waals surface area (Å²) in [4.78, 5) is 22.8. The topological polar surface area (TPSA) is 269 Å². The zero-order valence-corrected chi connectivity index (χ0v) is 20.4. The fourth-order valence-corrected chi connectivity index (χ4v) is 6.46. The summed E-state index contributed by atoms with van der Waals surface area (Å²) in [5, 5.41) is 19.8. The summed E-state index contributed by atoms with van der Waals surface area (Å²) < 4.78 is 70.0. The molecule has 0 aliphatic carbocycles. The highest BCUT2D eigenvalue weighted by atomic mass is 32.3. The number of aliphatic hydroxyl groups excluding tert-OH is 1. The van der Waals surface area contributed by atoms with Gasteiger partial charge in [-0.1, -0.05) is 0 Å². The Morgan fingerprint density at radius 2 is 2.00 bits per heavy atom. The zero-order valence-electron chi connectivity index (χ0n) is 17.9. The smallest absolute Gasteiger partial charge is 0.416 e. The second-order valence-electron chi connectivity index (χ2n) is 7.49. The first-order valence-corrected chi connectivity index (χ1v) is 14.3. The number of carboxylic acid groups (broad SMARTS) is 1. The maximum atomic E-state index is 12.0. The molecule has 196 valence electrons. The van der Waals surface area contributed by atoms with Crippen LogP contribution < -0.4 is 11.5 Å². The molecule has 1 aliphatic rings. The largest absolute Gasteiger partial charge is 0.480 e. The van der Waals surface area contributed by atoms with Crippen molar-refractivity contribution >= 4 is 54.6 Å². The first-order chi connectivity index (χ1) is 16.2. The van der Waals surface area contributed by atoms with Crippen LogP contribution in [0, 0.1) is 0 Å². The summed E-state index contributed by atoms with van der Waals surface area (Å²) in [6.45, 7) is 0. The molecule has 0 spiro atoms. The van der Waals surface area contributed by atoms with Crippen LogP contribution in [0.2, 0.25) is 0 Å². The fraction of sp³-hybridized carbons (Fsp3) is 0.600. The van der Waals surface area contributed by atoms with Gasteiger partial charge in [-0.25, -0.2) is 19.1 Å². The Labute approximate surface area is 202 Å². The monoisotopic (exact) mass is 559 g/mol. The molecule has 0 aromatic carbocycles. The van der Waals surface area contributed by atoms with Crippen molar-refractivity contribution in [1.82, 2.24) is 19.5 Å². The van der Waals surface area contributed by atoms with Gasteiger partial charge in [-0.15, -0.1) is 3.63 Å². The van der Waals surface area contributed by atoms with Crippen molar-refractivity contribution in [3.05, 3.63) is 12.7 Å². The molecule has 17 nitrogen and oxygen atoms in total. The van der Waals surface area contributed by atoms with Crippen molar-refractivity contribution in [3.8, 4) is 0 Å². The van der Waals surface area contributed by atoms with Crippen LogP contribution in [-0.4, -0.2) is 99.2 Å². The molecule has 3 rings (SSSR count). The first kappa shape index (κ1) is 27.4. The van der Waals surface area contributed by atoms with E-state index in [0.29, 0.717) is 5.75 Å². The predicted molar refractivity (Wildman–Crippen MR) is 119 cm³/mol. The molecule has 1 aliphatic heterocycles. The number of anilines is 1. The van der Waals surface area contributed by atoms with Crippen LogP contribution in [0.4, 0.5) is 5.82 Å². The second-order valence-corrected chi connectivity index (χ2v) is 12.2. The maximum Gasteiger partial charge on any atom is 0.416 e. The normalized spacial score (nSPS) is 25.0. The third-order valence-electron chi connectivity index (χ3n) is 4.91. The summed E-state index contributed by atoms with van der Waals surface area (Å²) in [6.07, 6.45) is -1.64. The molecule has 2 aromatic heterocycles. The molecule has 35 heavy (non-hydrogen) atoms. The molecular formula is C15H23N6O11S3+. The van der Waals surface area contributed by atoms with Gasteiger partial charge >= 0.3 is 26.8 Å². The molecule has 1 unspecified atom stereocenters. The minimum atomic E-state index is -5.45. The van der Waals surface area contributed by atoms with E-state index in [1.54, 1.807) is 6.26 Å². The molecule has 7 N–H and O–H groups in total. The number of nitrogens with zero attached hydrogens (tertiary/aromatic N) is 4. The molecule has 2 aromatic rings. The molecule has 1 fully saturated rings. The van der Waals surface area contributed by atoms with E-state index in [9.17, 15) is 26.7 Å². The molecule has 0 amide bonds. The summed E-state index contributed by atoms with van der Waals surface area (Å²) in [5.74, 6) is -0.750. The molecule has 0 radical (unpaired) electrons. The number of aliphatic carboxylic acids is 1. The lowest BCUT2D eigenvalue weighted by atomic mass is 10.1. The van der Waals surface area contributed by atoms with E-state index >= 15 is 0 Å². The lowest BCUT2D eigenvalue weighted by molar-refractivity contribution is -0.138. The van der Waals surface area contributed by atoms with Crippen molar-refractivity contribution in [2.24, 2.45) is 5.73 Å². The van der Waals surface area contributed by atoms with Crippen LogP contribution in [-0.2, 0) is 49.0 Å². The van der Waals surface area contributed by atoms with E-state index in [-0.39, 0.29) is 29.2 Å². The standard InChI is InChI=1S/C15H22N6O11S3/c1-33(3-2-7(16)15(23)24)4-8-11(31-35(28,29)32-34(25,26)27)10(22)14(30-8)21-6-20-9-12(17)18-5-19-13(9)21/h5-8,10-11,14,22H,2-4,16H2,1H3,(H3-,17,18,19,23,24,25,26,27)/p+1/t7-,8+,10+,11+,14+,33?/m0/s1. The molecule has 0 bridgehead atoms. The lowest BCUT2D eigenvalue weighted by Crippen LogP contribution is -2.41. The minimum absolute atomic E-state index is 0.0413. The number of nitrogens with two attached hydrogens (primary N) is 2. The van der Waals surface area contributed by atoms with E-state index in [1.807, 2.05) is 0 Å². The van der Waals surface area contributed by atoms with Crippen LogP contribution in [0.3, 0.4) is 0 Å². The van der Waals surface area contributed by atoms with Crippen molar-refractivity contribution < 1.29 is 48.9 Å². The molecule has 1 saturated heterocycles. The average Bonchev–Trinajstić information content (AvgIpc) is 3.27. The number of carboxylic acids is 1. The quantitative estimate of drug-likeness (QED) is 0.137. The van der Waals surface area contributed by atoms with Gasteiger partial charge in [-0.3, -0.25) is 13.9 Å². The Kier molecular flexibility index (Phi) is 8.18. The number of aromatic nitrogens is 4. The molecule has 0 saturated carbocycles. The van der Waals surface area contributed by atoms with Gasteiger partial charge < -0.3 is 26.4 Å². The van der Waals surface area contributed by atoms with Crippen molar-refractivity contribution in [2.75, 3.05) is 23.5 Å². The SMILES string of the molecule is C[S+](CC[C@H](N)C(=O)O)C[C@H]1O[C@@H](n2cnc3c(N)ncnc32)[C@H](O)[C@@H]1OS(=O)(=O)OS(=O)(=O)O. The fourth-order valence-electron chi connectivity index (χ4n) is 3.33. The number of nitrogen functional groups attached to an aromatic ring is 1. The Morgan fingerprint density at radius 3 is 2.63 bits per heavy atom. The summed E-state index contributed by atoms with van der Waals surface area (Å²) in [7, 11) is -11.4. The van der Waals surface area contributed by atoms with E-state index in [2.05, 4.69) is 18.6 Å². The number of imidazole rings is 1. The van der Waals surface area contributed by atoms with Gasteiger partial charge in [0.25, 0.3) is 0 Å². The van der Waals surface area contributed by atoms with Crippen LogP contribution in [0.15, 0.2) is 12.7 Å². The van der Waals surface area contributed by atoms with Crippen LogP contribution in [0.25, 0.3) is 11.2 Å². The Morgan fingerprint density at radius 1 is 1.31 bits per heavy atom. The summed E-state index contributed by atoms with van der Waals surface area (Å²) in [5.41, 5.74) is 11.6. The number of rotatable bonds is 11. The molecule has 20 heteroatoms. The van der Waals surface area contributed by atoms with E-state index in [1.165, 1.54) is 10.9 Å². The predicted octanol–water partition coefficient (Wildman–Crippen LogP) is -2.83. The van der Waals surface area contributed by atoms with Gasteiger partial charge in [0, 0.05) is 6.42 Å². The van der Waals surface area contributed by atoms with Gasteiger partial charge in [0.05, 0.1) is 12.6 Å².